The molecule has 5 nitrogen and oxygen atoms in total. The van der Waals surface area contributed by atoms with Crippen LogP contribution in [-0.2, 0) is 0 Å². The molecule has 0 amide bonds. The molecule has 3 N–H and O–H groups in total. The van der Waals surface area contributed by atoms with Gasteiger partial charge in [0.2, 0.25) is 0 Å². The van der Waals surface area contributed by atoms with Gasteiger partial charge in [0, 0.05) is 0 Å². The summed E-state index contributed by atoms with van der Waals surface area (Å²) in [5.74, 6) is 0. The Bertz CT molecular complexity index is 314. The lowest BCUT2D eigenvalue weighted by Crippen LogP contribution is -2.66. The summed E-state index contributed by atoms with van der Waals surface area (Å²) < 4.78 is 0. The van der Waals surface area contributed by atoms with Crippen molar-refractivity contribution in [2.24, 2.45) is 5.10 Å². The molecule has 1 saturated heterocycles. The molecule has 0 saturated carbocycles. The van der Waals surface area contributed by atoms with Crippen LogP contribution in [0.15, 0.2) is 5.10 Å². The standard InChI is InChI=1S/C9H18N4O/c1-6-8(4)11-7(2,3)9(5,12-10-6)13(8)14/h11-12,14H,1-5H3/t8-,9-/m1/s1. The van der Waals surface area contributed by atoms with Crippen molar-refractivity contribution in [3.05, 3.63) is 0 Å². The Morgan fingerprint density at radius 1 is 1.29 bits per heavy atom. The summed E-state index contributed by atoms with van der Waals surface area (Å²) in [7, 11) is 0. The molecule has 0 radical (unpaired) electrons. The van der Waals surface area contributed by atoms with Gasteiger partial charge < -0.3 is 5.21 Å². The number of hydrogen-bond donors (Lipinski definition) is 3. The fourth-order valence-electron chi connectivity index (χ4n) is 2.23. The summed E-state index contributed by atoms with van der Waals surface area (Å²) >= 11 is 0. The zero-order valence-corrected chi connectivity index (χ0v) is 9.34. The molecular weight excluding hydrogens is 180 g/mol. The van der Waals surface area contributed by atoms with E-state index in [0.717, 1.165) is 5.71 Å². The van der Waals surface area contributed by atoms with E-state index in [1.54, 1.807) is 0 Å². The van der Waals surface area contributed by atoms with Gasteiger partial charge in [-0.15, -0.1) is 5.06 Å². The predicted octanol–water partition coefficient (Wildman–Crippen LogP) is 0.471. The molecule has 14 heavy (non-hydrogen) atoms. The van der Waals surface area contributed by atoms with Gasteiger partial charge >= 0.3 is 0 Å². The van der Waals surface area contributed by atoms with Crippen molar-refractivity contribution < 1.29 is 5.21 Å². The summed E-state index contributed by atoms with van der Waals surface area (Å²) in [6.07, 6.45) is 0. The predicted molar refractivity (Wildman–Crippen MR) is 53.9 cm³/mol. The average molecular weight is 198 g/mol. The Hall–Kier alpha value is -0.650. The van der Waals surface area contributed by atoms with E-state index in [1.165, 1.54) is 5.06 Å². The number of fused-ring (bicyclic) bond motifs is 2. The molecule has 2 bridgehead atoms. The van der Waals surface area contributed by atoms with Crippen LogP contribution in [0.2, 0.25) is 0 Å². The first-order valence-corrected chi connectivity index (χ1v) is 4.84. The lowest BCUT2D eigenvalue weighted by molar-refractivity contribution is -0.206. The minimum atomic E-state index is -0.568. The molecule has 0 aliphatic carbocycles. The largest absolute Gasteiger partial charge is 0.309 e. The van der Waals surface area contributed by atoms with Crippen LogP contribution in [-0.4, -0.2) is 32.8 Å². The van der Waals surface area contributed by atoms with E-state index in [-0.39, 0.29) is 5.54 Å². The molecule has 0 unspecified atom stereocenters. The van der Waals surface area contributed by atoms with Crippen molar-refractivity contribution >= 4 is 5.71 Å². The van der Waals surface area contributed by atoms with Gasteiger partial charge in [-0.05, 0) is 34.6 Å². The zero-order chi connectivity index (χ0) is 10.8. The first-order chi connectivity index (χ1) is 6.24. The highest BCUT2D eigenvalue weighted by Crippen LogP contribution is 2.40. The molecule has 2 rings (SSSR count). The number of hydrogen-bond acceptors (Lipinski definition) is 5. The van der Waals surface area contributed by atoms with Gasteiger partial charge in [-0.2, -0.15) is 5.10 Å². The molecule has 2 aliphatic rings. The minimum absolute atomic E-state index is 0.252. The fourth-order valence-corrected chi connectivity index (χ4v) is 2.23. The molecule has 2 aliphatic heterocycles. The molecule has 2 atom stereocenters. The lowest BCUT2D eigenvalue weighted by atomic mass is 9.91. The first kappa shape index (κ1) is 9.89. The molecule has 0 spiro atoms. The van der Waals surface area contributed by atoms with Crippen LogP contribution >= 0.6 is 0 Å². The number of nitrogens with zero attached hydrogens (tertiary/aromatic N) is 2. The Kier molecular flexibility index (Phi) is 1.62. The van der Waals surface area contributed by atoms with Gasteiger partial charge in [-0.25, -0.2) is 0 Å². The molecule has 1 fully saturated rings. The van der Waals surface area contributed by atoms with Crippen molar-refractivity contribution in [1.82, 2.24) is 15.8 Å². The third-order valence-corrected chi connectivity index (χ3v) is 3.77. The van der Waals surface area contributed by atoms with Crippen molar-refractivity contribution in [3.63, 3.8) is 0 Å². The van der Waals surface area contributed by atoms with Crippen LogP contribution in [0.4, 0.5) is 0 Å². The molecule has 80 valence electrons. The SMILES string of the molecule is CC1=NN[C@]2(C)N(O)[C@@]1(C)NC2(C)C. The van der Waals surface area contributed by atoms with Crippen LogP contribution in [0.5, 0.6) is 0 Å². The summed E-state index contributed by atoms with van der Waals surface area (Å²) in [5, 5.41) is 19.1. The lowest BCUT2D eigenvalue weighted by Gasteiger charge is -2.43. The summed E-state index contributed by atoms with van der Waals surface area (Å²) in [4.78, 5) is 0. The monoisotopic (exact) mass is 198 g/mol. The van der Waals surface area contributed by atoms with E-state index in [0.29, 0.717) is 0 Å². The van der Waals surface area contributed by atoms with Crippen LogP contribution in [0.25, 0.3) is 0 Å². The van der Waals surface area contributed by atoms with E-state index >= 15 is 0 Å². The quantitative estimate of drug-likeness (QED) is 0.529. The van der Waals surface area contributed by atoms with Crippen molar-refractivity contribution in [1.29, 1.82) is 0 Å². The first-order valence-electron chi connectivity index (χ1n) is 4.84. The van der Waals surface area contributed by atoms with Gasteiger partial charge in [-0.1, -0.05) is 0 Å². The Morgan fingerprint density at radius 3 is 2.36 bits per heavy atom. The highest BCUT2D eigenvalue weighted by Gasteiger charge is 2.64. The normalized spacial score (nSPS) is 46.0. The maximum Gasteiger partial charge on any atom is 0.146 e. The van der Waals surface area contributed by atoms with E-state index in [4.69, 9.17) is 0 Å². The van der Waals surface area contributed by atoms with E-state index in [1.807, 2.05) is 34.6 Å². The van der Waals surface area contributed by atoms with E-state index in [2.05, 4.69) is 15.8 Å². The molecule has 0 aromatic heterocycles. The van der Waals surface area contributed by atoms with Gasteiger partial charge in [-0.3, -0.25) is 10.7 Å². The fraction of sp³-hybridized carbons (Fsp3) is 0.889. The summed E-state index contributed by atoms with van der Waals surface area (Å²) in [6, 6.07) is 0. The molecular formula is C9H18N4O. The Balaban J connectivity index is 2.56. The third-order valence-electron chi connectivity index (χ3n) is 3.77. The number of nitrogens with one attached hydrogen (secondary N) is 2. The number of rotatable bonds is 0. The summed E-state index contributed by atoms with van der Waals surface area (Å²) in [6.45, 7) is 9.84. The van der Waals surface area contributed by atoms with Crippen LogP contribution in [0.1, 0.15) is 34.6 Å². The number of hydrazone groups is 1. The minimum Gasteiger partial charge on any atom is -0.309 e. The molecule has 5 heteroatoms. The van der Waals surface area contributed by atoms with Gasteiger partial charge in [0.25, 0.3) is 0 Å². The van der Waals surface area contributed by atoms with Crippen molar-refractivity contribution in [2.75, 3.05) is 0 Å². The summed E-state index contributed by atoms with van der Waals surface area (Å²) in [5.41, 5.74) is 2.45. The highest BCUT2D eigenvalue weighted by molar-refractivity contribution is 5.91. The second kappa shape index (κ2) is 2.29. The molecule has 0 aromatic carbocycles. The second-order valence-corrected chi connectivity index (χ2v) is 5.02. The van der Waals surface area contributed by atoms with Crippen molar-refractivity contribution in [2.45, 2.75) is 51.5 Å². The van der Waals surface area contributed by atoms with E-state index < -0.39 is 11.3 Å². The average Bonchev–Trinajstić information content (AvgIpc) is 2.15. The maximum absolute atomic E-state index is 10.2. The maximum atomic E-state index is 10.2. The second-order valence-electron chi connectivity index (χ2n) is 5.02. The van der Waals surface area contributed by atoms with Crippen molar-refractivity contribution in [3.8, 4) is 0 Å². The van der Waals surface area contributed by atoms with Gasteiger partial charge in [0.15, 0.2) is 0 Å². The van der Waals surface area contributed by atoms with Gasteiger partial charge in [0.05, 0.1) is 11.3 Å². The third kappa shape index (κ3) is 0.827. The van der Waals surface area contributed by atoms with Crippen LogP contribution in [0, 0.1) is 0 Å². The number of hydroxylamine groups is 2. The topological polar surface area (TPSA) is 59.9 Å². The molecule has 0 aromatic rings. The highest BCUT2D eigenvalue weighted by atomic mass is 16.5. The Morgan fingerprint density at radius 2 is 1.86 bits per heavy atom. The molecule has 2 heterocycles. The van der Waals surface area contributed by atoms with E-state index in [9.17, 15) is 5.21 Å². The Labute approximate surface area is 84.1 Å². The smallest absolute Gasteiger partial charge is 0.146 e. The zero-order valence-electron chi connectivity index (χ0n) is 9.34. The van der Waals surface area contributed by atoms with Gasteiger partial charge in [0.1, 0.15) is 11.3 Å². The van der Waals surface area contributed by atoms with Crippen LogP contribution in [0.3, 0.4) is 0 Å². The van der Waals surface area contributed by atoms with Crippen LogP contribution < -0.4 is 10.7 Å².